The first-order valence-corrected chi connectivity index (χ1v) is 9.25. The van der Waals surface area contributed by atoms with Crippen molar-refractivity contribution in [2.75, 3.05) is 5.75 Å². The van der Waals surface area contributed by atoms with Gasteiger partial charge >= 0.3 is 0 Å². The van der Waals surface area contributed by atoms with Crippen LogP contribution in [0.4, 0.5) is 0 Å². The van der Waals surface area contributed by atoms with Crippen molar-refractivity contribution in [3.63, 3.8) is 0 Å². The van der Waals surface area contributed by atoms with Crippen molar-refractivity contribution >= 4 is 50.6 Å². The predicted octanol–water partition coefficient (Wildman–Crippen LogP) is 2.93. The molecule has 0 saturated carbocycles. The molecule has 3 aromatic rings. The van der Waals surface area contributed by atoms with Crippen molar-refractivity contribution < 1.29 is 4.79 Å². The van der Waals surface area contributed by atoms with Crippen LogP contribution in [0.3, 0.4) is 0 Å². The minimum atomic E-state index is -0.153. The molecule has 0 aliphatic rings. The number of thioether (sulfide) groups is 1. The zero-order valence-electron chi connectivity index (χ0n) is 12.4. The Hall–Kier alpha value is -1.51. The Morgan fingerprint density at radius 2 is 2.23 bits per heavy atom. The number of hydrogen-bond acceptors (Lipinski definition) is 6. The molecule has 0 aliphatic heterocycles. The Balaban J connectivity index is 1.83. The van der Waals surface area contributed by atoms with E-state index in [2.05, 4.69) is 28.8 Å². The lowest BCUT2D eigenvalue weighted by molar-refractivity contribution is -0.115. The van der Waals surface area contributed by atoms with Gasteiger partial charge in [0, 0.05) is 28.9 Å². The van der Waals surface area contributed by atoms with Crippen LogP contribution in [0.1, 0.15) is 10.4 Å². The van der Waals surface area contributed by atoms with Crippen LogP contribution >= 0.6 is 34.4 Å². The maximum atomic E-state index is 12.0. The first kappa shape index (κ1) is 15.4. The molecule has 1 amide bonds. The largest absolute Gasteiger partial charge is 0.327 e. The van der Waals surface area contributed by atoms with Crippen LogP contribution in [0.25, 0.3) is 10.2 Å². The van der Waals surface area contributed by atoms with Crippen molar-refractivity contribution in [2.45, 2.75) is 18.9 Å². The first-order valence-electron chi connectivity index (χ1n) is 6.57. The summed E-state index contributed by atoms with van der Waals surface area (Å²) in [6, 6.07) is 0. The molecule has 0 atom stereocenters. The van der Waals surface area contributed by atoms with Gasteiger partial charge in [0.1, 0.15) is 16.2 Å². The van der Waals surface area contributed by atoms with Crippen molar-refractivity contribution in [3.8, 4) is 0 Å². The maximum Gasteiger partial charge on any atom is 0.258 e. The van der Waals surface area contributed by atoms with E-state index in [4.69, 9.17) is 0 Å². The number of aryl methyl sites for hydroxylation is 3. The van der Waals surface area contributed by atoms with Crippen LogP contribution in [0, 0.1) is 13.8 Å². The Morgan fingerprint density at radius 1 is 1.41 bits per heavy atom. The molecule has 3 aromatic heterocycles. The van der Waals surface area contributed by atoms with E-state index in [1.165, 1.54) is 33.5 Å². The summed E-state index contributed by atoms with van der Waals surface area (Å²) in [6.07, 6.45) is 3.44. The van der Waals surface area contributed by atoms with E-state index in [9.17, 15) is 4.79 Å². The van der Waals surface area contributed by atoms with Crippen LogP contribution in [-0.4, -0.2) is 26.2 Å². The molecule has 8 heteroatoms. The molecule has 0 saturated heterocycles. The summed E-state index contributed by atoms with van der Waals surface area (Å²) in [7, 11) is 1.88. The minimum Gasteiger partial charge on any atom is -0.327 e. The Bertz CT molecular complexity index is 906. The van der Waals surface area contributed by atoms with Crippen LogP contribution in [-0.2, 0) is 11.8 Å². The Morgan fingerprint density at radius 3 is 2.95 bits per heavy atom. The number of hydrogen-bond donors (Lipinski definition) is 0. The van der Waals surface area contributed by atoms with Crippen LogP contribution < -0.4 is 4.80 Å². The lowest BCUT2D eigenvalue weighted by Gasteiger charge is -2.01. The van der Waals surface area contributed by atoms with Gasteiger partial charge in [0.25, 0.3) is 5.91 Å². The topological polar surface area (TPSA) is 60.1 Å². The highest BCUT2D eigenvalue weighted by Crippen LogP contribution is 2.34. The van der Waals surface area contributed by atoms with Gasteiger partial charge in [-0.15, -0.1) is 22.7 Å². The molecule has 0 radical (unpaired) electrons. The fraction of sp³-hybridized carbons (Fsp3) is 0.286. The summed E-state index contributed by atoms with van der Waals surface area (Å²) in [5.74, 6) is 0.123. The number of carbonyl (C=O) groups is 1. The third-order valence-electron chi connectivity index (χ3n) is 3.24. The molecule has 0 N–H and O–H groups in total. The van der Waals surface area contributed by atoms with E-state index in [0.29, 0.717) is 4.80 Å². The molecule has 114 valence electrons. The lowest BCUT2D eigenvalue weighted by Crippen LogP contribution is -2.13. The average Bonchev–Trinajstić information content (AvgIpc) is 3.02. The average molecular weight is 350 g/mol. The third-order valence-corrected chi connectivity index (χ3v) is 6.18. The van der Waals surface area contributed by atoms with Gasteiger partial charge in [0.2, 0.25) is 0 Å². The van der Waals surface area contributed by atoms with E-state index < -0.39 is 0 Å². The van der Waals surface area contributed by atoms with Crippen molar-refractivity contribution in [2.24, 2.45) is 12.0 Å². The number of carbonyl (C=O) groups excluding carboxylic acids is 1. The van der Waals surface area contributed by atoms with Gasteiger partial charge in [-0.3, -0.25) is 4.79 Å². The first-order chi connectivity index (χ1) is 10.6. The summed E-state index contributed by atoms with van der Waals surface area (Å²) in [5, 5.41) is 3.82. The molecule has 0 aliphatic carbocycles. The number of thiazole rings is 1. The molecule has 0 fully saturated rings. The highest BCUT2D eigenvalue weighted by molar-refractivity contribution is 8.00. The molecular formula is C14H14N4OS3. The van der Waals surface area contributed by atoms with Gasteiger partial charge in [-0.25, -0.2) is 9.97 Å². The monoisotopic (exact) mass is 350 g/mol. The highest BCUT2D eigenvalue weighted by Gasteiger charge is 2.13. The lowest BCUT2D eigenvalue weighted by atomic mass is 10.2. The minimum absolute atomic E-state index is 0.153. The standard InChI is InChI=1S/C14H14N4OS3/c1-8-9(2)22-13-11(8)12(15-7-16-13)21-6-10(19)17-14-18(3)4-5-20-14/h4-5,7H,6H2,1-3H3. The summed E-state index contributed by atoms with van der Waals surface area (Å²) in [6.45, 7) is 4.15. The van der Waals surface area contributed by atoms with Crippen molar-refractivity contribution in [1.82, 2.24) is 14.5 Å². The molecule has 0 bridgehead atoms. The quantitative estimate of drug-likeness (QED) is 0.538. The van der Waals surface area contributed by atoms with Crippen molar-refractivity contribution in [1.29, 1.82) is 0 Å². The van der Waals surface area contributed by atoms with E-state index >= 15 is 0 Å². The van der Waals surface area contributed by atoms with Gasteiger partial charge in [-0.2, -0.15) is 4.99 Å². The highest BCUT2D eigenvalue weighted by atomic mass is 32.2. The molecule has 3 heterocycles. The normalized spacial score (nSPS) is 12.2. The summed E-state index contributed by atoms with van der Waals surface area (Å²) < 4.78 is 1.84. The number of amides is 1. The summed E-state index contributed by atoms with van der Waals surface area (Å²) in [5.41, 5.74) is 1.19. The molecule has 5 nitrogen and oxygen atoms in total. The third kappa shape index (κ3) is 2.99. The summed E-state index contributed by atoms with van der Waals surface area (Å²) >= 11 is 4.53. The molecule has 0 unspecified atom stereocenters. The van der Waals surface area contributed by atoms with Crippen molar-refractivity contribution in [3.05, 3.63) is 33.1 Å². The Kier molecular flexibility index (Phi) is 4.42. The summed E-state index contributed by atoms with van der Waals surface area (Å²) in [4.78, 5) is 27.7. The number of nitrogens with zero attached hydrogens (tertiary/aromatic N) is 4. The SMILES string of the molecule is Cc1sc2ncnc(SCC(=O)N=c3sccn3C)c2c1C. The zero-order chi connectivity index (χ0) is 15.7. The van der Waals surface area contributed by atoms with E-state index in [1.54, 1.807) is 17.7 Å². The smallest absolute Gasteiger partial charge is 0.258 e. The van der Waals surface area contributed by atoms with Crippen LogP contribution in [0.5, 0.6) is 0 Å². The fourth-order valence-corrected chi connectivity index (χ4v) is 4.61. The molecular weight excluding hydrogens is 336 g/mol. The second-order valence-electron chi connectivity index (χ2n) is 4.73. The van der Waals surface area contributed by atoms with Gasteiger partial charge in [-0.05, 0) is 19.4 Å². The molecule has 22 heavy (non-hydrogen) atoms. The van der Waals surface area contributed by atoms with Gasteiger partial charge in [0.05, 0.1) is 5.75 Å². The zero-order valence-corrected chi connectivity index (χ0v) is 14.8. The van der Waals surface area contributed by atoms with Crippen LogP contribution in [0.2, 0.25) is 0 Å². The predicted molar refractivity (Wildman–Crippen MR) is 91.5 cm³/mol. The maximum absolute atomic E-state index is 12.0. The number of fused-ring (bicyclic) bond motifs is 1. The van der Waals surface area contributed by atoms with E-state index in [1.807, 2.05) is 23.2 Å². The Labute approximate surface area is 139 Å². The van der Waals surface area contributed by atoms with E-state index in [0.717, 1.165) is 15.2 Å². The second kappa shape index (κ2) is 6.31. The molecule has 0 spiro atoms. The van der Waals surface area contributed by atoms with E-state index in [-0.39, 0.29) is 11.7 Å². The molecule has 3 rings (SSSR count). The number of rotatable bonds is 3. The van der Waals surface area contributed by atoms with Gasteiger partial charge < -0.3 is 4.57 Å². The van der Waals surface area contributed by atoms with Gasteiger partial charge in [-0.1, -0.05) is 11.8 Å². The fourth-order valence-electron chi connectivity index (χ4n) is 1.96. The second-order valence-corrected chi connectivity index (χ2v) is 7.77. The number of aromatic nitrogens is 3. The van der Waals surface area contributed by atoms with Crippen LogP contribution in [0.15, 0.2) is 27.9 Å². The number of thiophene rings is 1. The van der Waals surface area contributed by atoms with Gasteiger partial charge in [0.15, 0.2) is 4.80 Å². The molecule has 0 aromatic carbocycles.